The van der Waals surface area contributed by atoms with Gasteiger partial charge in [-0.15, -0.1) is 5.10 Å². The van der Waals surface area contributed by atoms with Crippen LogP contribution < -0.4 is 4.72 Å². The van der Waals surface area contributed by atoms with Crippen molar-refractivity contribution in [2.75, 3.05) is 0 Å². The van der Waals surface area contributed by atoms with E-state index in [1.54, 1.807) is 12.1 Å². The van der Waals surface area contributed by atoms with E-state index in [0.717, 1.165) is 16.8 Å². The van der Waals surface area contributed by atoms with E-state index < -0.39 is 10.0 Å². The molecule has 0 aliphatic rings. The standard InChI is InChI=1S/C16H16ClN5O2S/c1-11-6-7-14(8-12(11)2)22-16(19-20-21-22)10-18-25(23,24)15-5-3-4-13(17)9-15/h3-9,18H,10H2,1-2H3. The molecule has 0 fully saturated rings. The van der Waals surface area contributed by atoms with Gasteiger partial charge >= 0.3 is 0 Å². The molecule has 0 spiro atoms. The van der Waals surface area contributed by atoms with Crippen LogP contribution in [0.1, 0.15) is 17.0 Å². The molecule has 25 heavy (non-hydrogen) atoms. The van der Waals surface area contributed by atoms with E-state index in [1.165, 1.54) is 16.8 Å². The van der Waals surface area contributed by atoms with E-state index in [1.807, 2.05) is 32.0 Å². The zero-order valence-electron chi connectivity index (χ0n) is 13.6. The lowest BCUT2D eigenvalue weighted by atomic mass is 10.1. The van der Waals surface area contributed by atoms with Crippen LogP contribution in [0, 0.1) is 13.8 Å². The molecule has 0 amide bonds. The summed E-state index contributed by atoms with van der Waals surface area (Å²) < 4.78 is 28.8. The maximum atomic E-state index is 12.4. The molecule has 9 heteroatoms. The summed E-state index contributed by atoms with van der Waals surface area (Å²) in [6.45, 7) is 3.96. The highest BCUT2D eigenvalue weighted by Crippen LogP contribution is 2.17. The SMILES string of the molecule is Cc1ccc(-n2nnnc2CNS(=O)(=O)c2cccc(Cl)c2)cc1C. The maximum Gasteiger partial charge on any atom is 0.241 e. The number of hydrogen-bond donors (Lipinski definition) is 1. The van der Waals surface area contributed by atoms with Gasteiger partial charge in [0.15, 0.2) is 5.82 Å². The second-order valence-electron chi connectivity index (χ2n) is 5.56. The number of tetrazole rings is 1. The summed E-state index contributed by atoms with van der Waals surface area (Å²) in [6.07, 6.45) is 0. The van der Waals surface area contributed by atoms with Gasteiger partial charge in [-0.1, -0.05) is 23.7 Å². The number of nitrogens with zero attached hydrogens (tertiary/aromatic N) is 4. The molecule has 0 saturated heterocycles. The van der Waals surface area contributed by atoms with Gasteiger partial charge in [0.2, 0.25) is 10.0 Å². The molecule has 0 atom stereocenters. The number of hydrogen-bond acceptors (Lipinski definition) is 5. The number of sulfonamides is 1. The van der Waals surface area contributed by atoms with Crippen LogP contribution in [0.5, 0.6) is 0 Å². The zero-order valence-corrected chi connectivity index (χ0v) is 15.2. The van der Waals surface area contributed by atoms with Crippen LogP contribution in [-0.4, -0.2) is 28.6 Å². The van der Waals surface area contributed by atoms with E-state index in [0.29, 0.717) is 10.8 Å². The van der Waals surface area contributed by atoms with Crippen molar-refractivity contribution in [2.45, 2.75) is 25.3 Å². The maximum absolute atomic E-state index is 12.4. The minimum Gasteiger partial charge on any atom is -0.207 e. The van der Waals surface area contributed by atoms with E-state index in [2.05, 4.69) is 20.2 Å². The van der Waals surface area contributed by atoms with Gasteiger partial charge < -0.3 is 0 Å². The molecule has 2 aromatic carbocycles. The molecule has 1 aromatic heterocycles. The lowest BCUT2D eigenvalue weighted by Gasteiger charge is -2.09. The fourth-order valence-corrected chi connectivity index (χ4v) is 3.53. The van der Waals surface area contributed by atoms with Gasteiger partial charge in [0, 0.05) is 5.02 Å². The highest BCUT2D eigenvalue weighted by Gasteiger charge is 2.17. The number of rotatable bonds is 5. The molecule has 130 valence electrons. The Morgan fingerprint density at radius 2 is 1.92 bits per heavy atom. The molecular formula is C16H16ClN5O2S. The minimum absolute atomic E-state index is 0.0469. The lowest BCUT2D eigenvalue weighted by Crippen LogP contribution is -2.25. The van der Waals surface area contributed by atoms with Crippen molar-refractivity contribution >= 4 is 21.6 Å². The molecule has 0 aliphatic carbocycles. The molecule has 0 unspecified atom stereocenters. The third-order valence-corrected chi connectivity index (χ3v) is 5.43. The summed E-state index contributed by atoms with van der Waals surface area (Å²) in [7, 11) is -3.72. The third-order valence-electron chi connectivity index (χ3n) is 3.80. The average molecular weight is 378 g/mol. The summed E-state index contributed by atoms with van der Waals surface area (Å²) in [5.74, 6) is 0.383. The van der Waals surface area contributed by atoms with Crippen LogP contribution in [0.3, 0.4) is 0 Å². The van der Waals surface area contributed by atoms with Gasteiger partial charge in [0.1, 0.15) is 0 Å². The van der Waals surface area contributed by atoms with E-state index in [4.69, 9.17) is 11.6 Å². The summed E-state index contributed by atoms with van der Waals surface area (Å²) in [4.78, 5) is 0.0882. The van der Waals surface area contributed by atoms with Crippen molar-refractivity contribution in [1.29, 1.82) is 0 Å². The highest BCUT2D eigenvalue weighted by molar-refractivity contribution is 7.89. The summed E-state index contributed by atoms with van der Waals surface area (Å²) in [6, 6.07) is 11.8. The predicted octanol–water partition coefficient (Wildman–Crippen LogP) is 2.41. The van der Waals surface area contributed by atoms with Crippen LogP contribution >= 0.6 is 11.6 Å². The van der Waals surface area contributed by atoms with Gasteiger partial charge in [0.25, 0.3) is 0 Å². The van der Waals surface area contributed by atoms with E-state index in [9.17, 15) is 8.42 Å². The van der Waals surface area contributed by atoms with Gasteiger partial charge in [-0.05, 0) is 65.7 Å². The molecule has 3 aromatic rings. The Kier molecular flexibility index (Phi) is 4.85. The topological polar surface area (TPSA) is 89.8 Å². The monoisotopic (exact) mass is 377 g/mol. The largest absolute Gasteiger partial charge is 0.241 e. The molecule has 7 nitrogen and oxygen atoms in total. The fraction of sp³-hybridized carbons (Fsp3) is 0.188. The average Bonchev–Trinajstić information content (AvgIpc) is 3.04. The lowest BCUT2D eigenvalue weighted by molar-refractivity contribution is 0.578. The normalized spacial score (nSPS) is 11.6. The van der Waals surface area contributed by atoms with Gasteiger partial charge in [-0.25, -0.2) is 13.1 Å². The minimum atomic E-state index is -3.72. The highest BCUT2D eigenvalue weighted by atomic mass is 35.5. The van der Waals surface area contributed by atoms with Crippen LogP contribution in [0.4, 0.5) is 0 Å². The van der Waals surface area contributed by atoms with Gasteiger partial charge in [0.05, 0.1) is 17.1 Å². The molecule has 0 aliphatic heterocycles. The molecule has 3 rings (SSSR count). The molecule has 1 N–H and O–H groups in total. The predicted molar refractivity (Wildman–Crippen MR) is 94.1 cm³/mol. The molecule has 0 saturated carbocycles. The second kappa shape index (κ2) is 6.91. The first kappa shape index (κ1) is 17.5. The number of benzene rings is 2. The van der Waals surface area contributed by atoms with E-state index in [-0.39, 0.29) is 11.4 Å². The third kappa shape index (κ3) is 3.87. The summed E-state index contributed by atoms with van der Waals surface area (Å²) in [5, 5.41) is 11.8. The van der Waals surface area contributed by atoms with Crippen LogP contribution in [0.15, 0.2) is 47.4 Å². The van der Waals surface area contributed by atoms with Crippen molar-refractivity contribution in [3.05, 3.63) is 64.4 Å². The molecule has 0 radical (unpaired) electrons. The van der Waals surface area contributed by atoms with Gasteiger partial charge in [-0.3, -0.25) is 0 Å². The van der Waals surface area contributed by atoms with Crippen LogP contribution in [0.2, 0.25) is 5.02 Å². The summed E-state index contributed by atoms with van der Waals surface area (Å²) in [5.41, 5.74) is 3.02. The number of nitrogens with one attached hydrogen (secondary N) is 1. The summed E-state index contributed by atoms with van der Waals surface area (Å²) >= 11 is 5.85. The van der Waals surface area contributed by atoms with Gasteiger partial charge in [-0.2, -0.15) is 4.68 Å². The Morgan fingerprint density at radius 3 is 2.64 bits per heavy atom. The van der Waals surface area contributed by atoms with Crippen molar-refractivity contribution in [1.82, 2.24) is 24.9 Å². The number of aromatic nitrogens is 4. The van der Waals surface area contributed by atoms with E-state index >= 15 is 0 Å². The Labute approximate surface area is 150 Å². The van der Waals surface area contributed by atoms with Crippen molar-refractivity contribution in [2.24, 2.45) is 0 Å². The molecular weight excluding hydrogens is 362 g/mol. The Balaban J connectivity index is 1.83. The zero-order chi connectivity index (χ0) is 18.0. The fourth-order valence-electron chi connectivity index (χ4n) is 2.25. The quantitative estimate of drug-likeness (QED) is 0.737. The first-order valence-corrected chi connectivity index (χ1v) is 9.33. The first-order chi connectivity index (χ1) is 11.9. The second-order valence-corrected chi connectivity index (χ2v) is 7.76. The Bertz CT molecular complexity index is 1020. The number of halogens is 1. The molecule has 0 bridgehead atoms. The van der Waals surface area contributed by atoms with Crippen LogP contribution in [0.25, 0.3) is 5.69 Å². The Hall–Kier alpha value is -2.29. The van der Waals surface area contributed by atoms with Crippen molar-refractivity contribution < 1.29 is 8.42 Å². The molecule has 1 heterocycles. The number of aryl methyl sites for hydroxylation is 2. The smallest absolute Gasteiger partial charge is 0.207 e. The Morgan fingerprint density at radius 1 is 1.12 bits per heavy atom. The van der Waals surface area contributed by atoms with Crippen LogP contribution in [-0.2, 0) is 16.6 Å². The first-order valence-electron chi connectivity index (χ1n) is 7.47. The van der Waals surface area contributed by atoms with Crippen molar-refractivity contribution in [3.63, 3.8) is 0 Å². The van der Waals surface area contributed by atoms with Crippen molar-refractivity contribution in [3.8, 4) is 5.69 Å².